The van der Waals surface area contributed by atoms with E-state index >= 15 is 0 Å². The van der Waals surface area contributed by atoms with E-state index in [4.69, 9.17) is 0 Å². The zero-order valence-corrected chi connectivity index (χ0v) is 14.7. The van der Waals surface area contributed by atoms with Gasteiger partial charge >= 0.3 is 0 Å². The number of fused-ring (bicyclic) bond motifs is 1. The van der Waals surface area contributed by atoms with Crippen LogP contribution >= 0.6 is 0 Å². The number of carbonyl (C=O) groups is 1. The van der Waals surface area contributed by atoms with Gasteiger partial charge in [-0.1, -0.05) is 12.1 Å². The first kappa shape index (κ1) is 17.5. The van der Waals surface area contributed by atoms with Crippen LogP contribution in [-0.2, 0) is 17.9 Å². The molecule has 0 fully saturated rings. The van der Waals surface area contributed by atoms with Crippen molar-refractivity contribution in [3.8, 4) is 0 Å². The molecule has 2 aromatic heterocycles. The molecular formula is C18H20N6O2. The molecule has 0 saturated heterocycles. The Hall–Kier alpha value is -3.29. The molecule has 0 radical (unpaired) electrons. The van der Waals surface area contributed by atoms with Gasteiger partial charge in [-0.2, -0.15) is 0 Å². The lowest BCUT2D eigenvalue weighted by atomic mass is 10.2. The highest BCUT2D eigenvalue weighted by atomic mass is 16.1. The van der Waals surface area contributed by atoms with Crippen LogP contribution in [0, 0.1) is 0 Å². The standard InChI is InChI=1S/C18H20N6O2/c1-23(2)18-19-9-7-13(22-18)11-20-16(25)8-10-24-12-21-15-6-4-3-5-14(15)17(24)26/h3-7,9,12H,8,10-11H2,1-2H3,(H,20,25). The maximum Gasteiger partial charge on any atom is 0.261 e. The molecule has 26 heavy (non-hydrogen) atoms. The number of rotatable bonds is 6. The molecule has 0 aliphatic carbocycles. The van der Waals surface area contributed by atoms with E-state index in [1.54, 1.807) is 35.4 Å². The second-order valence-corrected chi connectivity index (χ2v) is 6.03. The van der Waals surface area contributed by atoms with E-state index in [0.29, 0.717) is 23.4 Å². The summed E-state index contributed by atoms with van der Waals surface area (Å²) in [7, 11) is 3.71. The molecule has 134 valence electrons. The lowest BCUT2D eigenvalue weighted by molar-refractivity contribution is -0.121. The van der Waals surface area contributed by atoms with Crippen molar-refractivity contribution in [2.75, 3.05) is 19.0 Å². The number of carbonyl (C=O) groups excluding carboxylic acids is 1. The van der Waals surface area contributed by atoms with E-state index in [1.165, 1.54) is 10.9 Å². The SMILES string of the molecule is CN(C)c1nccc(CNC(=O)CCn2cnc3ccccc3c2=O)n1. The molecule has 1 aromatic carbocycles. The Balaban J connectivity index is 1.59. The van der Waals surface area contributed by atoms with Gasteiger partial charge in [0.15, 0.2) is 0 Å². The van der Waals surface area contributed by atoms with Crippen molar-refractivity contribution < 1.29 is 4.79 Å². The number of anilines is 1. The lowest BCUT2D eigenvalue weighted by Gasteiger charge is -2.11. The van der Waals surface area contributed by atoms with Crippen LogP contribution in [0.15, 0.2) is 47.7 Å². The fourth-order valence-corrected chi connectivity index (χ4v) is 2.46. The van der Waals surface area contributed by atoms with Crippen LogP contribution in [-0.4, -0.2) is 39.5 Å². The van der Waals surface area contributed by atoms with Crippen molar-refractivity contribution in [1.29, 1.82) is 0 Å². The van der Waals surface area contributed by atoms with E-state index in [9.17, 15) is 9.59 Å². The van der Waals surface area contributed by atoms with E-state index in [1.807, 2.05) is 20.2 Å². The van der Waals surface area contributed by atoms with Crippen molar-refractivity contribution in [3.05, 3.63) is 58.9 Å². The molecular weight excluding hydrogens is 332 g/mol. The van der Waals surface area contributed by atoms with Gasteiger partial charge in [0.25, 0.3) is 5.56 Å². The molecule has 1 N–H and O–H groups in total. The fourth-order valence-electron chi connectivity index (χ4n) is 2.46. The van der Waals surface area contributed by atoms with E-state index in [2.05, 4.69) is 20.3 Å². The summed E-state index contributed by atoms with van der Waals surface area (Å²) in [5, 5.41) is 3.36. The van der Waals surface area contributed by atoms with Gasteiger partial charge in [0.05, 0.1) is 29.5 Å². The highest BCUT2D eigenvalue weighted by molar-refractivity contribution is 5.77. The Morgan fingerprint density at radius 3 is 2.81 bits per heavy atom. The second-order valence-electron chi connectivity index (χ2n) is 6.03. The highest BCUT2D eigenvalue weighted by Gasteiger charge is 2.07. The van der Waals surface area contributed by atoms with Gasteiger partial charge in [0, 0.05) is 33.3 Å². The Kier molecular flexibility index (Phi) is 5.21. The van der Waals surface area contributed by atoms with Gasteiger partial charge in [-0.3, -0.25) is 14.2 Å². The molecule has 0 bridgehead atoms. The molecule has 0 atom stereocenters. The first-order valence-corrected chi connectivity index (χ1v) is 8.25. The minimum absolute atomic E-state index is 0.144. The summed E-state index contributed by atoms with van der Waals surface area (Å²) >= 11 is 0. The minimum Gasteiger partial charge on any atom is -0.350 e. The largest absolute Gasteiger partial charge is 0.350 e. The fraction of sp³-hybridized carbons (Fsp3) is 0.278. The molecule has 3 aromatic rings. The Morgan fingerprint density at radius 1 is 1.19 bits per heavy atom. The Labute approximate surface area is 150 Å². The van der Waals surface area contributed by atoms with Gasteiger partial charge in [-0.05, 0) is 18.2 Å². The van der Waals surface area contributed by atoms with Crippen molar-refractivity contribution >= 4 is 22.8 Å². The zero-order chi connectivity index (χ0) is 18.5. The number of hydrogen-bond acceptors (Lipinski definition) is 6. The predicted octanol–water partition coefficient (Wildman–Crippen LogP) is 0.959. The first-order valence-electron chi connectivity index (χ1n) is 8.25. The molecule has 0 aliphatic rings. The van der Waals surface area contributed by atoms with Crippen LogP contribution in [0.4, 0.5) is 5.95 Å². The molecule has 2 heterocycles. The number of aromatic nitrogens is 4. The summed E-state index contributed by atoms with van der Waals surface area (Å²) in [6.45, 7) is 0.586. The third kappa shape index (κ3) is 4.02. The first-order chi connectivity index (χ1) is 12.5. The molecule has 3 rings (SSSR count). The molecule has 0 unspecified atom stereocenters. The Morgan fingerprint density at radius 2 is 2.00 bits per heavy atom. The number of amides is 1. The third-order valence-electron chi connectivity index (χ3n) is 3.88. The van der Waals surface area contributed by atoms with Crippen LogP contribution in [0.1, 0.15) is 12.1 Å². The van der Waals surface area contributed by atoms with Gasteiger partial charge in [0.1, 0.15) is 0 Å². The highest BCUT2D eigenvalue weighted by Crippen LogP contribution is 2.05. The maximum atomic E-state index is 12.4. The number of para-hydroxylation sites is 1. The van der Waals surface area contributed by atoms with Crippen molar-refractivity contribution in [2.45, 2.75) is 19.5 Å². The lowest BCUT2D eigenvalue weighted by Crippen LogP contribution is -2.27. The third-order valence-corrected chi connectivity index (χ3v) is 3.88. The van der Waals surface area contributed by atoms with Crippen LogP contribution in [0.2, 0.25) is 0 Å². The van der Waals surface area contributed by atoms with Crippen LogP contribution in [0.25, 0.3) is 10.9 Å². The molecule has 1 amide bonds. The Bertz CT molecular complexity index is 983. The normalized spacial score (nSPS) is 10.7. The quantitative estimate of drug-likeness (QED) is 0.710. The number of hydrogen-bond donors (Lipinski definition) is 1. The van der Waals surface area contributed by atoms with E-state index in [-0.39, 0.29) is 24.4 Å². The molecule has 0 aliphatic heterocycles. The molecule has 8 heteroatoms. The average Bonchev–Trinajstić information content (AvgIpc) is 2.66. The summed E-state index contributed by atoms with van der Waals surface area (Å²) in [6.07, 6.45) is 3.32. The van der Waals surface area contributed by atoms with Gasteiger partial charge in [-0.25, -0.2) is 15.0 Å². The van der Waals surface area contributed by atoms with E-state index < -0.39 is 0 Å². The monoisotopic (exact) mass is 352 g/mol. The topological polar surface area (TPSA) is 93.0 Å². The van der Waals surface area contributed by atoms with Crippen molar-refractivity contribution in [2.24, 2.45) is 0 Å². The van der Waals surface area contributed by atoms with Crippen molar-refractivity contribution in [3.63, 3.8) is 0 Å². The number of nitrogens with zero attached hydrogens (tertiary/aromatic N) is 5. The summed E-state index contributed by atoms with van der Waals surface area (Å²) in [6, 6.07) is 8.91. The molecule has 0 spiro atoms. The maximum absolute atomic E-state index is 12.4. The van der Waals surface area contributed by atoms with Crippen molar-refractivity contribution in [1.82, 2.24) is 24.8 Å². The minimum atomic E-state index is -0.157. The average molecular weight is 352 g/mol. The van der Waals surface area contributed by atoms with Gasteiger partial charge in [0.2, 0.25) is 11.9 Å². The summed E-state index contributed by atoms with van der Waals surface area (Å²) in [4.78, 5) is 39.0. The predicted molar refractivity (Wildman–Crippen MR) is 98.8 cm³/mol. The number of aryl methyl sites for hydroxylation is 1. The van der Waals surface area contributed by atoms with Crippen LogP contribution in [0.3, 0.4) is 0 Å². The number of benzene rings is 1. The molecule has 8 nitrogen and oxygen atoms in total. The second kappa shape index (κ2) is 7.73. The van der Waals surface area contributed by atoms with Gasteiger partial charge in [-0.15, -0.1) is 0 Å². The summed E-state index contributed by atoms with van der Waals surface area (Å²) < 4.78 is 1.46. The van der Waals surface area contributed by atoms with Gasteiger partial charge < -0.3 is 10.2 Å². The number of nitrogens with one attached hydrogen (secondary N) is 1. The van der Waals surface area contributed by atoms with Crippen LogP contribution < -0.4 is 15.8 Å². The smallest absolute Gasteiger partial charge is 0.261 e. The van der Waals surface area contributed by atoms with Crippen LogP contribution in [0.5, 0.6) is 0 Å². The summed E-state index contributed by atoms with van der Waals surface area (Å²) in [5.41, 5.74) is 1.23. The van der Waals surface area contributed by atoms with E-state index in [0.717, 1.165) is 5.69 Å². The summed E-state index contributed by atoms with van der Waals surface area (Å²) in [5.74, 6) is 0.431. The molecule has 0 saturated carbocycles. The zero-order valence-electron chi connectivity index (χ0n) is 14.7.